The number of benzene rings is 1. The van der Waals surface area contributed by atoms with Gasteiger partial charge in [-0.15, -0.1) is 0 Å². The molecule has 10 nitrogen and oxygen atoms in total. The zero-order chi connectivity index (χ0) is 27.2. The molecule has 10 heteroatoms. The molecule has 4 heterocycles. The fourth-order valence-corrected chi connectivity index (χ4v) is 5.52. The van der Waals surface area contributed by atoms with E-state index in [-0.39, 0.29) is 17.2 Å². The summed E-state index contributed by atoms with van der Waals surface area (Å²) in [6, 6.07) is 9.36. The molecule has 1 spiro atoms. The van der Waals surface area contributed by atoms with Crippen LogP contribution in [0.5, 0.6) is 5.75 Å². The molecule has 39 heavy (non-hydrogen) atoms. The Morgan fingerprint density at radius 3 is 2.62 bits per heavy atom. The van der Waals surface area contributed by atoms with E-state index in [1.54, 1.807) is 18.5 Å². The maximum Gasteiger partial charge on any atom is 0.274 e. The zero-order valence-electron chi connectivity index (χ0n) is 22.7. The van der Waals surface area contributed by atoms with Gasteiger partial charge in [-0.2, -0.15) is 0 Å². The molecule has 1 fully saturated rings. The molecular weight excluding hydrogens is 496 g/mol. The summed E-state index contributed by atoms with van der Waals surface area (Å²) >= 11 is 0. The lowest BCUT2D eigenvalue weighted by atomic mass is 9.75. The van der Waals surface area contributed by atoms with Crippen LogP contribution in [0.4, 0.5) is 0 Å². The van der Waals surface area contributed by atoms with Crippen LogP contribution < -0.4 is 10.1 Å². The number of hydrogen-bond acceptors (Lipinski definition) is 8. The maximum atomic E-state index is 13.2. The number of aromatic nitrogens is 3. The number of hydrogen-bond donors (Lipinski definition) is 1. The zero-order valence-corrected chi connectivity index (χ0v) is 22.7. The maximum absolute atomic E-state index is 13.2. The van der Waals surface area contributed by atoms with Crippen LogP contribution in [0.3, 0.4) is 0 Å². The monoisotopic (exact) mass is 532 g/mol. The summed E-state index contributed by atoms with van der Waals surface area (Å²) in [5.41, 5.74) is 2.37. The van der Waals surface area contributed by atoms with Gasteiger partial charge in [-0.25, -0.2) is 4.98 Å². The predicted octanol–water partition coefficient (Wildman–Crippen LogP) is 3.41. The number of likely N-dealkylation sites (tertiary alicyclic amines) is 1. The number of rotatable bonds is 3. The summed E-state index contributed by atoms with van der Waals surface area (Å²) in [6.07, 6.45) is 6.72. The van der Waals surface area contributed by atoms with E-state index in [4.69, 9.17) is 9.26 Å². The van der Waals surface area contributed by atoms with Crippen LogP contribution in [0.15, 0.2) is 47.2 Å². The summed E-state index contributed by atoms with van der Waals surface area (Å²) in [5.74, 6) is 1.17. The summed E-state index contributed by atoms with van der Waals surface area (Å²) < 4.78 is 11.6. The molecule has 0 bridgehead atoms. The number of para-hydroxylation sites is 1. The summed E-state index contributed by atoms with van der Waals surface area (Å²) in [5, 5.41) is 7.22. The summed E-state index contributed by atoms with van der Waals surface area (Å²) in [7, 11) is 0. The standard InChI is InChI=1S/C29H36N6O4/c1-21-18-23(33-39-21)19-34-14-5-8-29(20-38-25-7-4-3-6-24(25)27(36)32-13-17-34)9-15-35(16-10-29)28(37)26-22(2)30-11-12-31-26/h3-4,6-7,11-12,18H,5,8-10,13-17,19-20H2,1-2H3,(H,32,36). The highest BCUT2D eigenvalue weighted by atomic mass is 16.5. The van der Waals surface area contributed by atoms with Crippen molar-refractivity contribution in [1.29, 1.82) is 0 Å². The minimum atomic E-state index is -0.143. The average molecular weight is 533 g/mol. The molecule has 0 saturated carbocycles. The van der Waals surface area contributed by atoms with Crippen LogP contribution in [0.1, 0.15) is 63.7 Å². The van der Waals surface area contributed by atoms with Crippen molar-refractivity contribution in [2.45, 2.75) is 46.1 Å². The normalized spacial score (nSPS) is 18.7. The van der Waals surface area contributed by atoms with E-state index < -0.39 is 0 Å². The second-order valence-electron chi connectivity index (χ2n) is 10.6. The number of carbonyl (C=O) groups is 2. The molecule has 2 aliphatic rings. The van der Waals surface area contributed by atoms with E-state index in [1.165, 1.54) is 0 Å². The van der Waals surface area contributed by atoms with Crippen molar-refractivity contribution in [1.82, 2.24) is 30.2 Å². The third-order valence-corrected chi connectivity index (χ3v) is 7.82. The minimum absolute atomic E-state index is 0.0721. The Hall–Kier alpha value is -3.79. The van der Waals surface area contributed by atoms with Crippen molar-refractivity contribution in [2.24, 2.45) is 5.41 Å². The summed E-state index contributed by atoms with van der Waals surface area (Å²) in [4.78, 5) is 38.9. The van der Waals surface area contributed by atoms with E-state index in [1.807, 2.05) is 43.0 Å². The van der Waals surface area contributed by atoms with Gasteiger partial charge in [0.25, 0.3) is 11.8 Å². The third-order valence-electron chi connectivity index (χ3n) is 7.82. The molecule has 2 aliphatic heterocycles. The lowest BCUT2D eigenvalue weighted by Gasteiger charge is -2.42. The Balaban J connectivity index is 1.33. The van der Waals surface area contributed by atoms with E-state index in [2.05, 4.69) is 25.3 Å². The predicted molar refractivity (Wildman–Crippen MR) is 144 cm³/mol. The molecule has 0 unspecified atom stereocenters. The molecular formula is C29H36N6O4. The molecule has 206 valence electrons. The first-order chi connectivity index (χ1) is 18.9. The fraction of sp³-hybridized carbons (Fsp3) is 0.483. The first-order valence-corrected chi connectivity index (χ1v) is 13.6. The minimum Gasteiger partial charge on any atom is -0.492 e. The van der Waals surface area contributed by atoms with E-state index in [0.717, 1.165) is 43.7 Å². The lowest BCUT2D eigenvalue weighted by Crippen LogP contribution is -2.46. The van der Waals surface area contributed by atoms with Crippen LogP contribution in [-0.2, 0) is 6.54 Å². The first-order valence-electron chi connectivity index (χ1n) is 13.6. The number of nitrogens with zero attached hydrogens (tertiary/aromatic N) is 5. The van der Waals surface area contributed by atoms with Crippen molar-refractivity contribution < 1.29 is 18.8 Å². The molecule has 1 aromatic carbocycles. The number of carbonyl (C=O) groups excluding carboxylic acids is 2. The molecule has 1 saturated heterocycles. The van der Waals surface area contributed by atoms with Gasteiger partial charge in [-0.05, 0) is 58.2 Å². The van der Waals surface area contributed by atoms with Crippen LogP contribution in [0.2, 0.25) is 0 Å². The Kier molecular flexibility index (Phi) is 8.21. The molecule has 0 radical (unpaired) electrons. The number of ether oxygens (including phenoxy) is 1. The van der Waals surface area contributed by atoms with Gasteiger partial charge in [0, 0.05) is 56.6 Å². The van der Waals surface area contributed by atoms with Gasteiger partial charge in [0.1, 0.15) is 17.2 Å². The van der Waals surface area contributed by atoms with E-state index in [0.29, 0.717) is 62.0 Å². The van der Waals surface area contributed by atoms with Crippen molar-refractivity contribution in [3.63, 3.8) is 0 Å². The Labute approximate surface area is 228 Å². The average Bonchev–Trinajstić information content (AvgIpc) is 3.36. The highest BCUT2D eigenvalue weighted by Crippen LogP contribution is 2.38. The van der Waals surface area contributed by atoms with Gasteiger partial charge in [-0.3, -0.25) is 19.5 Å². The van der Waals surface area contributed by atoms with E-state index in [9.17, 15) is 9.59 Å². The quantitative estimate of drug-likeness (QED) is 0.546. The number of nitrogens with one attached hydrogen (secondary N) is 1. The lowest BCUT2D eigenvalue weighted by molar-refractivity contribution is 0.0344. The van der Waals surface area contributed by atoms with Crippen LogP contribution in [-0.4, -0.2) is 76.1 Å². The molecule has 2 aromatic heterocycles. The summed E-state index contributed by atoms with van der Waals surface area (Å²) in [6.45, 7) is 8.19. The highest BCUT2D eigenvalue weighted by Gasteiger charge is 2.37. The number of fused-ring (bicyclic) bond motifs is 1. The van der Waals surface area contributed by atoms with Crippen molar-refractivity contribution in [3.05, 3.63) is 71.1 Å². The van der Waals surface area contributed by atoms with Gasteiger partial charge in [0.05, 0.1) is 23.6 Å². The van der Waals surface area contributed by atoms with Gasteiger partial charge in [0.2, 0.25) is 0 Å². The SMILES string of the molecule is Cc1cc(CN2CCCC3(CCN(C(=O)c4nccnc4C)CC3)COc3ccccc3C(=O)NCC2)no1. The van der Waals surface area contributed by atoms with Gasteiger partial charge in [-0.1, -0.05) is 17.3 Å². The largest absolute Gasteiger partial charge is 0.492 e. The van der Waals surface area contributed by atoms with Crippen LogP contribution in [0.25, 0.3) is 0 Å². The molecule has 5 rings (SSSR count). The van der Waals surface area contributed by atoms with Gasteiger partial charge >= 0.3 is 0 Å². The Morgan fingerprint density at radius 2 is 1.85 bits per heavy atom. The highest BCUT2D eigenvalue weighted by molar-refractivity contribution is 5.97. The fourth-order valence-electron chi connectivity index (χ4n) is 5.52. The number of aryl methyl sites for hydroxylation is 2. The van der Waals surface area contributed by atoms with Crippen molar-refractivity contribution in [3.8, 4) is 5.75 Å². The third kappa shape index (κ3) is 6.44. The first kappa shape index (κ1) is 26.8. The Morgan fingerprint density at radius 1 is 1.05 bits per heavy atom. The van der Waals surface area contributed by atoms with Crippen LogP contribution in [0, 0.1) is 19.3 Å². The van der Waals surface area contributed by atoms with E-state index >= 15 is 0 Å². The second-order valence-corrected chi connectivity index (χ2v) is 10.6. The van der Waals surface area contributed by atoms with Gasteiger partial charge in [0.15, 0.2) is 0 Å². The smallest absolute Gasteiger partial charge is 0.274 e. The molecule has 2 amide bonds. The Bertz CT molecular complexity index is 1300. The molecule has 3 aromatic rings. The molecule has 1 N–H and O–H groups in total. The van der Waals surface area contributed by atoms with Crippen LogP contribution >= 0.6 is 0 Å². The topological polar surface area (TPSA) is 114 Å². The van der Waals surface area contributed by atoms with Gasteiger partial charge < -0.3 is 19.5 Å². The second kappa shape index (κ2) is 11.9. The number of amides is 2. The van der Waals surface area contributed by atoms with Crippen molar-refractivity contribution >= 4 is 11.8 Å². The van der Waals surface area contributed by atoms with Crippen molar-refractivity contribution in [2.75, 3.05) is 39.3 Å². The molecule has 0 aliphatic carbocycles. The number of piperidine rings is 1. The molecule has 0 atom stereocenters.